The van der Waals surface area contributed by atoms with E-state index in [1.54, 1.807) is 62.6 Å². The number of hydrogen-bond donors (Lipinski definition) is 2. The maximum atomic E-state index is 12.8. The average Bonchev–Trinajstić information content (AvgIpc) is 2.66. The first-order valence-electron chi connectivity index (χ1n) is 8.39. The molecule has 0 radical (unpaired) electrons. The standard InChI is InChI=1S/C20H19N3O4/c1-12-16(19(24)25)18(15-8-4-6-10-22-15)17(13(2)23-12)20(26)27-11-14-7-3-5-9-21-14/h3-10,18,23H,11H2,1-2H3,(H,24,25). The summed E-state index contributed by atoms with van der Waals surface area (Å²) in [6.45, 7) is 3.38. The van der Waals surface area contributed by atoms with Gasteiger partial charge in [0.2, 0.25) is 0 Å². The zero-order valence-corrected chi connectivity index (χ0v) is 15.0. The first-order valence-corrected chi connectivity index (χ1v) is 8.39. The monoisotopic (exact) mass is 365 g/mol. The van der Waals surface area contributed by atoms with Crippen molar-refractivity contribution in [3.63, 3.8) is 0 Å². The van der Waals surface area contributed by atoms with Gasteiger partial charge in [-0.3, -0.25) is 9.97 Å². The maximum absolute atomic E-state index is 12.8. The highest BCUT2D eigenvalue weighted by molar-refractivity contribution is 5.99. The lowest BCUT2D eigenvalue weighted by molar-refractivity contribution is -0.140. The molecule has 0 bridgehead atoms. The summed E-state index contributed by atoms with van der Waals surface area (Å²) in [5, 5.41) is 12.7. The van der Waals surface area contributed by atoms with E-state index in [2.05, 4.69) is 15.3 Å². The molecule has 0 saturated carbocycles. The molecule has 3 rings (SSSR count). The van der Waals surface area contributed by atoms with Crippen molar-refractivity contribution in [1.29, 1.82) is 0 Å². The molecule has 7 heteroatoms. The van der Waals surface area contributed by atoms with Gasteiger partial charge in [0.25, 0.3) is 0 Å². The number of nitrogens with zero attached hydrogens (tertiary/aromatic N) is 2. The fraction of sp³-hybridized carbons (Fsp3) is 0.200. The number of carboxylic acid groups (broad SMARTS) is 1. The summed E-state index contributed by atoms with van der Waals surface area (Å²) in [6, 6.07) is 10.5. The van der Waals surface area contributed by atoms with Gasteiger partial charge in [-0.2, -0.15) is 0 Å². The van der Waals surface area contributed by atoms with Crippen LogP contribution in [0, 0.1) is 0 Å². The summed E-state index contributed by atoms with van der Waals surface area (Å²) in [7, 11) is 0. The zero-order chi connectivity index (χ0) is 19.4. The zero-order valence-electron chi connectivity index (χ0n) is 15.0. The molecule has 2 aromatic heterocycles. The second-order valence-electron chi connectivity index (χ2n) is 6.09. The van der Waals surface area contributed by atoms with E-state index in [4.69, 9.17) is 4.74 Å². The first kappa shape index (κ1) is 18.3. The molecule has 1 aliphatic heterocycles. The number of ether oxygens (including phenoxy) is 1. The number of nitrogens with one attached hydrogen (secondary N) is 1. The van der Waals surface area contributed by atoms with Gasteiger partial charge in [-0.15, -0.1) is 0 Å². The van der Waals surface area contributed by atoms with Crippen LogP contribution in [0.15, 0.2) is 71.3 Å². The Morgan fingerprint density at radius 3 is 2.30 bits per heavy atom. The van der Waals surface area contributed by atoms with Crippen molar-refractivity contribution in [1.82, 2.24) is 15.3 Å². The van der Waals surface area contributed by atoms with Crippen LogP contribution in [0.2, 0.25) is 0 Å². The van der Waals surface area contributed by atoms with Crippen LogP contribution >= 0.6 is 0 Å². The minimum absolute atomic E-state index is 0.00348. The number of carboxylic acids is 1. The molecule has 0 amide bonds. The number of hydrogen-bond acceptors (Lipinski definition) is 6. The van der Waals surface area contributed by atoms with Gasteiger partial charge in [0.15, 0.2) is 0 Å². The molecular weight excluding hydrogens is 346 g/mol. The lowest BCUT2D eigenvalue weighted by Crippen LogP contribution is -2.32. The number of carbonyl (C=O) groups is 2. The van der Waals surface area contributed by atoms with E-state index in [1.807, 2.05) is 0 Å². The van der Waals surface area contributed by atoms with Gasteiger partial charge < -0.3 is 15.2 Å². The molecule has 27 heavy (non-hydrogen) atoms. The molecular formula is C20H19N3O4. The number of aromatic nitrogens is 2. The molecule has 3 heterocycles. The largest absolute Gasteiger partial charge is 0.478 e. The topological polar surface area (TPSA) is 101 Å². The highest BCUT2D eigenvalue weighted by Gasteiger charge is 2.38. The Kier molecular flexibility index (Phi) is 5.30. The molecule has 0 spiro atoms. The third kappa shape index (κ3) is 3.87. The number of carbonyl (C=O) groups excluding carboxylic acids is 1. The molecule has 0 aromatic carbocycles. The Balaban J connectivity index is 1.96. The Morgan fingerprint density at radius 2 is 1.70 bits per heavy atom. The van der Waals surface area contributed by atoms with Crippen LogP contribution in [0.1, 0.15) is 31.2 Å². The lowest BCUT2D eigenvalue weighted by atomic mass is 9.83. The molecule has 1 aliphatic rings. The predicted molar refractivity (Wildman–Crippen MR) is 97.2 cm³/mol. The van der Waals surface area contributed by atoms with E-state index in [0.29, 0.717) is 22.8 Å². The second-order valence-corrected chi connectivity index (χ2v) is 6.09. The van der Waals surface area contributed by atoms with Gasteiger partial charge >= 0.3 is 11.9 Å². The Morgan fingerprint density at radius 1 is 1.04 bits per heavy atom. The van der Waals surface area contributed by atoms with Crippen molar-refractivity contribution < 1.29 is 19.4 Å². The highest BCUT2D eigenvalue weighted by atomic mass is 16.5. The highest BCUT2D eigenvalue weighted by Crippen LogP contribution is 2.37. The average molecular weight is 365 g/mol. The van der Waals surface area contributed by atoms with E-state index in [1.165, 1.54) is 0 Å². The van der Waals surface area contributed by atoms with Crippen LogP contribution in [0.5, 0.6) is 0 Å². The summed E-state index contributed by atoms with van der Waals surface area (Å²) >= 11 is 0. The molecule has 7 nitrogen and oxygen atoms in total. The molecule has 1 unspecified atom stereocenters. The first-order chi connectivity index (χ1) is 13.0. The summed E-state index contributed by atoms with van der Waals surface area (Å²) in [5.74, 6) is -2.54. The fourth-order valence-electron chi connectivity index (χ4n) is 3.09. The predicted octanol–water partition coefficient (Wildman–Crippen LogP) is 2.54. The van der Waals surface area contributed by atoms with Crippen LogP contribution in [0.4, 0.5) is 0 Å². The smallest absolute Gasteiger partial charge is 0.337 e. The summed E-state index contributed by atoms with van der Waals surface area (Å²) in [5.41, 5.74) is 2.39. The maximum Gasteiger partial charge on any atom is 0.337 e. The molecule has 138 valence electrons. The van der Waals surface area contributed by atoms with Gasteiger partial charge in [0, 0.05) is 23.8 Å². The van der Waals surface area contributed by atoms with Crippen LogP contribution in [-0.4, -0.2) is 27.0 Å². The van der Waals surface area contributed by atoms with Gasteiger partial charge in [-0.1, -0.05) is 12.1 Å². The number of pyridine rings is 2. The van der Waals surface area contributed by atoms with Crippen molar-refractivity contribution in [3.8, 4) is 0 Å². The van der Waals surface area contributed by atoms with Crippen LogP contribution < -0.4 is 5.32 Å². The number of allylic oxidation sites excluding steroid dienone is 2. The third-order valence-corrected chi connectivity index (χ3v) is 4.27. The van der Waals surface area contributed by atoms with Gasteiger partial charge in [-0.25, -0.2) is 9.59 Å². The quantitative estimate of drug-likeness (QED) is 0.785. The normalized spacial score (nSPS) is 16.7. The number of esters is 1. The number of dihydropyridines is 1. The molecule has 2 aromatic rings. The summed E-state index contributed by atoms with van der Waals surface area (Å²) in [6.07, 6.45) is 3.18. The molecule has 0 saturated heterocycles. The van der Waals surface area contributed by atoms with E-state index >= 15 is 0 Å². The fourth-order valence-corrected chi connectivity index (χ4v) is 3.09. The molecule has 0 aliphatic carbocycles. The van der Waals surface area contributed by atoms with E-state index in [9.17, 15) is 14.7 Å². The van der Waals surface area contributed by atoms with Crippen LogP contribution in [-0.2, 0) is 20.9 Å². The summed E-state index contributed by atoms with van der Waals surface area (Å²) in [4.78, 5) is 33.1. The number of rotatable bonds is 5. The van der Waals surface area contributed by atoms with Gasteiger partial charge in [-0.05, 0) is 38.1 Å². The SMILES string of the molecule is CC1=C(C(=O)O)C(c2ccccn2)C(C(=O)OCc2ccccn2)=C(C)N1. The van der Waals surface area contributed by atoms with E-state index in [-0.39, 0.29) is 17.8 Å². The molecule has 1 atom stereocenters. The van der Waals surface area contributed by atoms with Crippen LogP contribution in [0.25, 0.3) is 0 Å². The van der Waals surface area contributed by atoms with E-state index < -0.39 is 17.9 Å². The Hall–Kier alpha value is -3.48. The van der Waals surface area contributed by atoms with Crippen molar-refractivity contribution in [2.24, 2.45) is 0 Å². The second kappa shape index (κ2) is 7.82. The van der Waals surface area contributed by atoms with Crippen molar-refractivity contribution in [2.75, 3.05) is 0 Å². The molecule has 2 N–H and O–H groups in total. The van der Waals surface area contributed by atoms with Gasteiger partial charge in [0.1, 0.15) is 6.61 Å². The molecule has 0 fully saturated rings. The Labute approximate surface area is 156 Å². The van der Waals surface area contributed by atoms with Crippen molar-refractivity contribution in [3.05, 3.63) is 82.7 Å². The lowest BCUT2D eigenvalue weighted by Gasteiger charge is -2.28. The van der Waals surface area contributed by atoms with Crippen molar-refractivity contribution in [2.45, 2.75) is 26.4 Å². The number of aliphatic carboxylic acids is 1. The third-order valence-electron chi connectivity index (χ3n) is 4.27. The van der Waals surface area contributed by atoms with Crippen LogP contribution in [0.3, 0.4) is 0 Å². The van der Waals surface area contributed by atoms with E-state index in [0.717, 1.165) is 0 Å². The Bertz CT molecular complexity index is 921. The minimum atomic E-state index is -1.11. The minimum Gasteiger partial charge on any atom is -0.478 e. The van der Waals surface area contributed by atoms with Crippen molar-refractivity contribution >= 4 is 11.9 Å². The summed E-state index contributed by atoms with van der Waals surface area (Å²) < 4.78 is 5.41. The van der Waals surface area contributed by atoms with Gasteiger partial charge in [0.05, 0.1) is 28.5 Å².